The van der Waals surface area contributed by atoms with E-state index in [9.17, 15) is 18.0 Å². The van der Waals surface area contributed by atoms with Crippen molar-refractivity contribution in [3.05, 3.63) is 82.9 Å². The number of carbonyl (C=O) groups is 1. The van der Waals surface area contributed by atoms with Crippen LogP contribution in [0.4, 0.5) is 24.8 Å². The van der Waals surface area contributed by atoms with Crippen LogP contribution >= 0.6 is 11.6 Å². The van der Waals surface area contributed by atoms with Gasteiger partial charge in [0, 0.05) is 30.0 Å². The Morgan fingerprint density at radius 2 is 1.66 bits per heavy atom. The number of aliphatic imine (C=N–C) groups is 1. The largest absolute Gasteiger partial charge is 0.353 e. The number of rotatable bonds is 5. The Morgan fingerprint density at radius 1 is 0.943 bits per heavy atom. The molecule has 1 aliphatic carbocycles. The number of benzene rings is 2. The fourth-order valence-electron chi connectivity index (χ4n) is 3.75. The molecule has 1 heterocycles. The fraction of sp³-hybridized carbons (Fsp3) is 0.250. The number of anilines is 2. The lowest BCUT2D eigenvalue weighted by atomic mass is 9.91. The predicted molar refractivity (Wildman–Crippen MR) is 128 cm³/mol. The highest BCUT2D eigenvalue weighted by Gasteiger charge is 2.23. The average Bonchev–Trinajstić information content (AvgIpc) is 2.85. The number of aromatic nitrogens is 2. The summed E-state index contributed by atoms with van der Waals surface area (Å²) in [6, 6.07) is 8.97. The van der Waals surface area contributed by atoms with Crippen molar-refractivity contribution >= 4 is 35.1 Å². The van der Waals surface area contributed by atoms with Crippen molar-refractivity contribution in [1.29, 1.82) is 0 Å². The van der Waals surface area contributed by atoms with Gasteiger partial charge in [-0.1, -0.05) is 17.7 Å². The number of guanidine groups is 1. The summed E-state index contributed by atoms with van der Waals surface area (Å²) in [6.07, 6.45) is 6.37. The van der Waals surface area contributed by atoms with Gasteiger partial charge in [0.1, 0.15) is 0 Å². The number of hydrogen-bond acceptors (Lipinski definition) is 4. The van der Waals surface area contributed by atoms with E-state index < -0.39 is 23.4 Å². The summed E-state index contributed by atoms with van der Waals surface area (Å²) in [5.41, 5.74) is -0.134. The first-order valence-corrected chi connectivity index (χ1v) is 11.4. The molecule has 2 aromatic carbocycles. The van der Waals surface area contributed by atoms with Crippen molar-refractivity contribution in [3.63, 3.8) is 0 Å². The summed E-state index contributed by atoms with van der Waals surface area (Å²) in [4.78, 5) is 25.0. The third-order valence-corrected chi connectivity index (χ3v) is 5.84. The Bertz CT molecular complexity index is 1220. The monoisotopic (exact) mass is 502 g/mol. The maximum absolute atomic E-state index is 14.5. The minimum Gasteiger partial charge on any atom is -0.353 e. The van der Waals surface area contributed by atoms with Crippen molar-refractivity contribution < 1.29 is 18.0 Å². The smallest absolute Gasteiger partial charge is 0.280 e. The van der Waals surface area contributed by atoms with Crippen molar-refractivity contribution in [2.75, 3.05) is 10.6 Å². The van der Waals surface area contributed by atoms with Crippen LogP contribution in [0, 0.1) is 17.5 Å². The molecule has 11 heteroatoms. The van der Waals surface area contributed by atoms with Gasteiger partial charge in [0.25, 0.3) is 5.91 Å². The van der Waals surface area contributed by atoms with Gasteiger partial charge in [-0.25, -0.2) is 23.1 Å². The molecule has 1 saturated carbocycles. The van der Waals surface area contributed by atoms with Gasteiger partial charge < -0.3 is 16.0 Å². The van der Waals surface area contributed by atoms with Crippen LogP contribution in [-0.4, -0.2) is 33.9 Å². The van der Waals surface area contributed by atoms with Crippen LogP contribution in [0.5, 0.6) is 0 Å². The summed E-state index contributed by atoms with van der Waals surface area (Å²) in [6.45, 7) is 0. The number of halogens is 4. The molecular weight excluding hydrogens is 481 g/mol. The Morgan fingerprint density at radius 3 is 2.37 bits per heavy atom. The molecule has 35 heavy (non-hydrogen) atoms. The Kier molecular flexibility index (Phi) is 7.81. The first-order valence-electron chi connectivity index (χ1n) is 11.0. The molecule has 0 aliphatic heterocycles. The molecule has 7 nitrogen and oxygen atoms in total. The van der Waals surface area contributed by atoms with Gasteiger partial charge in [-0.05, 0) is 62.1 Å². The van der Waals surface area contributed by atoms with Gasteiger partial charge in [0.15, 0.2) is 17.5 Å². The van der Waals surface area contributed by atoms with Crippen LogP contribution < -0.4 is 16.0 Å². The van der Waals surface area contributed by atoms with Crippen LogP contribution in [0.3, 0.4) is 0 Å². The van der Waals surface area contributed by atoms with E-state index >= 15 is 0 Å². The first kappa shape index (κ1) is 24.5. The highest BCUT2D eigenvalue weighted by molar-refractivity contribution is 6.31. The second kappa shape index (κ2) is 11.2. The number of carbonyl (C=O) groups excluding carboxylic acids is 1. The Hall–Kier alpha value is -3.66. The standard InChI is InChI=1S/C24H22ClF3N6O/c25-17-3-1-4-20(21(17)28)33-24(34-22(35)14-5-10-18(26)19(27)13-14)32-16-8-6-15(7-9-16)31-23-29-11-2-12-30-23/h1-5,10-13,15-16H,6-9H2,(H,29,30,31)(H2,32,33,34,35)/t15-,16-. The molecule has 1 aromatic heterocycles. The summed E-state index contributed by atoms with van der Waals surface area (Å²) in [5.74, 6) is -3.24. The minimum absolute atomic E-state index is 0.0124. The highest BCUT2D eigenvalue weighted by atomic mass is 35.5. The lowest BCUT2D eigenvalue weighted by molar-refractivity contribution is 0.100. The maximum atomic E-state index is 14.5. The van der Waals surface area contributed by atoms with Crippen LogP contribution in [0.2, 0.25) is 5.02 Å². The van der Waals surface area contributed by atoms with Crippen molar-refractivity contribution in [1.82, 2.24) is 15.3 Å². The van der Waals surface area contributed by atoms with Crippen LogP contribution in [0.1, 0.15) is 36.0 Å². The molecule has 0 unspecified atom stereocenters. The van der Waals surface area contributed by atoms with Crippen LogP contribution in [0.25, 0.3) is 0 Å². The van der Waals surface area contributed by atoms with E-state index in [1.54, 1.807) is 24.5 Å². The summed E-state index contributed by atoms with van der Waals surface area (Å²) >= 11 is 5.87. The molecule has 4 rings (SSSR count). The summed E-state index contributed by atoms with van der Waals surface area (Å²) in [7, 11) is 0. The highest BCUT2D eigenvalue weighted by Crippen LogP contribution is 2.24. The van der Waals surface area contributed by atoms with Gasteiger partial charge in [-0.15, -0.1) is 0 Å². The third-order valence-electron chi connectivity index (χ3n) is 5.55. The SMILES string of the molecule is O=C(/N=C(/Nc1cccc(Cl)c1F)N[C@H]1CC[C@H](Nc2ncccn2)CC1)c1ccc(F)c(F)c1. The predicted octanol–water partition coefficient (Wildman–Crippen LogP) is 5.17. The molecule has 3 aromatic rings. The molecule has 0 bridgehead atoms. The molecule has 0 saturated heterocycles. The number of nitrogens with zero attached hydrogens (tertiary/aromatic N) is 3. The zero-order valence-electron chi connectivity index (χ0n) is 18.4. The first-order chi connectivity index (χ1) is 16.9. The Labute approximate surface area is 204 Å². The maximum Gasteiger partial charge on any atom is 0.280 e. The molecule has 1 amide bonds. The number of hydrogen-bond donors (Lipinski definition) is 3. The number of nitrogens with one attached hydrogen (secondary N) is 3. The minimum atomic E-state index is -1.16. The van der Waals surface area contributed by atoms with Gasteiger partial charge in [-0.2, -0.15) is 4.99 Å². The normalized spacial score (nSPS) is 18.1. The molecule has 0 radical (unpaired) electrons. The van der Waals surface area contributed by atoms with Gasteiger partial charge in [-0.3, -0.25) is 4.79 Å². The van der Waals surface area contributed by atoms with E-state index in [1.807, 2.05) is 0 Å². The lowest BCUT2D eigenvalue weighted by Crippen LogP contribution is -2.43. The molecular formula is C24H22ClF3N6O. The Balaban J connectivity index is 1.48. The van der Waals surface area contributed by atoms with Crippen molar-refractivity contribution in [3.8, 4) is 0 Å². The molecule has 3 N–H and O–H groups in total. The summed E-state index contributed by atoms with van der Waals surface area (Å²) in [5, 5.41) is 9.10. The quantitative estimate of drug-likeness (QED) is 0.329. The van der Waals surface area contributed by atoms with Crippen LogP contribution in [-0.2, 0) is 0 Å². The molecule has 0 spiro atoms. The molecule has 1 aliphatic rings. The van der Waals surface area contributed by atoms with Gasteiger partial charge in [0.2, 0.25) is 11.9 Å². The lowest BCUT2D eigenvalue weighted by Gasteiger charge is -2.30. The molecule has 1 fully saturated rings. The fourth-order valence-corrected chi connectivity index (χ4v) is 3.93. The molecule has 182 valence electrons. The van der Waals surface area contributed by atoms with Gasteiger partial charge >= 0.3 is 0 Å². The second-order valence-electron chi connectivity index (χ2n) is 8.03. The van der Waals surface area contributed by atoms with E-state index in [1.165, 1.54) is 12.1 Å². The van der Waals surface area contributed by atoms with E-state index in [-0.39, 0.29) is 34.3 Å². The average molecular weight is 503 g/mol. The van der Waals surface area contributed by atoms with E-state index in [2.05, 4.69) is 30.9 Å². The summed E-state index contributed by atoms with van der Waals surface area (Å²) < 4.78 is 41.3. The molecule has 0 atom stereocenters. The zero-order valence-corrected chi connectivity index (χ0v) is 19.2. The van der Waals surface area contributed by atoms with Crippen molar-refractivity contribution in [2.24, 2.45) is 4.99 Å². The second-order valence-corrected chi connectivity index (χ2v) is 8.44. The van der Waals surface area contributed by atoms with E-state index in [4.69, 9.17) is 11.6 Å². The topological polar surface area (TPSA) is 91.3 Å². The van der Waals surface area contributed by atoms with Crippen LogP contribution in [0.15, 0.2) is 59.9 Å². The number of amides is 1. The third kappa shape index (κ3) is 6.48. The zero-order chi connectivity index (χ0) is 24.8. The van der Waals surface area contributed by atoms with E-state index in [0.29, 0.717) is 5.95 Å². The van der Waals surface area contributed by atoms with Gasteiger partial charge in [0.05, 0.1) is 10.7 Å². The van der Waals surface area contributed by atoms with E-state index in [0.717, 1.165) is 43.9 Å². The van der Waals surface area contributed by atoms with Crippen molar-refractivity contribution in [2.45, 2.75) is 37.8 Å².